The molecule has 0 saturated heterocycles. The summed E-state index contributed by atoms with van der Waals surface area (Å²) >= 11 is 7.25. The van der Waals surface area contributed by atoms with Crippen LogP contribution in [-0.4, -0.2) is 25.2 Å². The monoisotopic (exact) mass is 460 g/mol. The van der Waals surface area contributed by atoms with E-state index >= 15 is 0 Å². The Kier molecular flexibility index (Phi) is 5.29. The van der Waals surface area contributed by atoms with Crippen molar-refractivity contribution in [3.8, 4) is 0 Å². The third kappa shape index (κ3) is 3.80. The van der Waals surface area contributed by atoms with Crippen LogP contribution in [0.3, 0.4) is 0 Å². The second-order valence-electron chi connectivity index (χ2n) is 6.06. The van der Waals surface area contributed by atoms with E-state index in [2.05, 4.69) is 15.0 Å². The first-order valence-electron chi connectivity index (χ1n) is 8.50. The number of benzene rings is 2. The molecule has 30 heavy (non-hydrogen) atoms. The first kappa shape index (κ1) is 20.1. The molecule has 8 nitrogen and oxygen atoms in total. The second kappa shape index (κ2) is 7.90. The second-order valence-corrected chi connectivity index (χ2v) is 9.02. The van der Waals surface area contributed by atoms with Crippen molar-refractivity contribution in [1.29, 1.82) is 0 Å². The standard InChI is InChI=1S/C19H13ClN4O4S2/c20-15-16(18(26)24(17(15)25)13-4-2-1-3-5-13)22-12-6-8-14(9-7-12)30(27,28)23-19-21-10-11-29-19/h1-11,22H,(H,21,23). The number of nitrogens with zero attached hydrogens (tertiary/aromatic N) is 2. The van der Waals surface area contributed by atoms with Crippen LogP contribution in [-0.2, 0) is 19.6 Å². The number of hydrogen-bond acceptors (Lipinski definition) is 7. The van der Waals surface area contributed by atoms with Crippen molar-refractivity contribution in [2.45, 2.75) is 4.90 Å². The molecule has 3 aromatic rings. The minimum Gasteiger partial charge on any atom is -0.350 e. The van der Waals surface area contributed by atoms with Gasteiger partial charge in [0, 0.05) is 17.3 Å². The van der Waals surface area contributed by atoms with Crippen molar-refractivity contribution in [3.05, 3.63) is 76.9 Å². The first-order valence-corrected chi connectivity index (χ1v) is 11.2. The fourth-order valence-electron chi connectivity index (χ4n) is 2.73. The van der Waals surface area contributed by atoms with Crippen LogP contribution in [0.25, 0.3) is 0 Å². The van der Waals surface area contributed by atoms with Crippen LogP contribution in [0.1, 0.15) is 0 Å². The third-order valence-electron chi connectivity index (χ3n) is 4.13. The molecule has 0 saturated carbocycles. The molecule has 2 heterocycles. The number of amides is 2. The highest BCUT2D eigenvalue weighted by atomic mass is 35.5. The number of aromatic nitrogens is 1. The summed E-state index contributed by atoms with van der Waals surface area (Å²) in [5.74, 6) is -1.24. The zero-order chi connectivity index (χ0) is 21.3. The lowest BCUT2D eigenvalue weighted by Crippen LogP contribution is -2.32. The molecule has 0 unspecified atom stereocenters. The molecular weight excluding hydrogens is 448 g/mol. The number of hydrogen-bond donors (Lipinski definition) is 2. The van der Waals surface area contributed by atoms with Gasteiger partial charge in [-0.2, -0.15) is 0 Å². The number of nitrogens with one attached hydrogen (secondary N) is 2. The quantitative estimate of drug-likeness (QED) is 0.546. The highest BCUT2D eigenvalue weighted by Crippen LogP contribution is 2.30. The predicted octanol–water partition coefficient (Wildman–Crippen LogP) is 3.38. The maximum absolute atomic E-state index is 12.7. The van der Waals surface area contributed by atoms with Gasteiger partial charge in [-0.3, -0.25) is 14.3 Å². The van der Waals surface area contributed by atoms with Crippen LogP contribution >= 0.6 is 22.9 Å². The number of halogens is 1. The highest BCUT2D eigenvalue weighted by molar-refractivity contribution is 7.93. The molecule has 0 spiro atoms. The Bertz CT molecular complexity index is 1240. The van der Waals surface area contributed by atoms with Gasteiger partial charge in [0.25, 0.3) is 21.8 Å². The number of anilines is 3. The third-order valence-corrected chi connectivity index (χ3v) is 6.65. The van der Waals surface area contributed by atoms with E-state index in [1.165, 1.54) is 30.5 Å². The molecular formula is C19H13ClN4O4S2. The number of rotatable bonds is 6. The molecule has 0 fully saturated rings. The molecule has 0 atom stereocenters. The van der Waals surface area contributed by atoms with Gasteiger partial charge in [0.2, 0.25) is 0 Å². The summed E-state index contributed by atoms with van der Waals surface area (Å²) in [6.07, 6.45) is 1.49. The van der Waals surface area contributed by atoms with Gasteiger partial charge in [-0.1, -0.05) is 29.8 Å². The number of carbonyl (C=O) groups is 2. The van der Waals surface area contributed by atoms with Crippen molar-refractivity contribution in [3.63, 3.8) is 0 Å². The van der Waals surface area contributed by atoms with Gasteiger partial charge in [-0.05, 0) is 36.4 Å². The lowest BCUT2D eigenvalue weighted by molar-refractivity contribution is -0.120. The highest BCUT2D eigenvalue weighted by Gasteiger charge is 2.38. The average Bonchev–Trinajstić information content (AvgIpc) is 3.31. The maximum Gasteiger partial charge on any atom is 0.283 e. The lowest BCUT2D eigenvalue weighted by Gasteiger charge is -2.15. The molecule has 0 radical (unpaired) electrons. The summed E-state index contributed by atoms with van der Waals surface area (Å²) in [5, 5.41) is 4.47. The summed E-state index contributed by atoms with van der Waals surface area (Å²) in [4.78, 5) is 30.0. The largest absolute Gasteiger partial charge is 0.350 e. The molecule has 0 aliphatic carbocycles. The first-order chi connectivity index (χ1) is 14.4. The number of para-hydroxylation sites is 1. The van der Waals surface area contributed by atoms with Gasteiger partial charge < -0.3 is 5.32 Å². The van der Waals surface area contributed by atoms with Gasteiger partial charge in [0.15, 0.2) is 5.13 Å². The molecule has 1 aromatic heterocycles. The molecule has 4 rings (SSSR count). The summed E-state index contributed by atoms with van der Waals surface area (Å²) in [6, 6.07) is 14.1. The van der Waals surface area contributed by atoms with E-state index in [1.54, 1.807) is 35.7 Å². The van der Waals surface area contributed by atoms with Crippen molar-refractivity contribution in [2.24, 2.45) is 0 Å². The van der Waals surface area contributed by atoms with Crippen molar-refractivity contribution in [1.82, 2.24) is 4.98 Å². The smallest absolute Gasteiger partial charge is 0.283 e. The van der Waals surface area contributed by atoms with Crippen LogP contribution in [0.5, 0.6) is 0 Å². The molecule has 1 aliphatic heterocycles. The van der Waals surface area contributed by atoms with E-state index in [9.17, 15) is 18.0 Å². The Morgan fingerprint density at radius 1 is 0.967 bits per heavy atom. The van der Waals surface area contributed by atoms with E-state index in [1.807, 2.05) is 0 Å². The molecule has 2 N–H and O–H groups in total. The normalized spacial score (nSPS) is 14.4. The predicted molar refractivity (Wildman–Crippen MR) is 115 cm³/mol. The minimum absolute atomic E-state index is 0.0167. The zero-order valence-electron chi connectivity index (χ0n) is 15.1. The van der Waals surface area contributed by atoms with Gasteiger partial charge in [-0.15, -0.1) is 11.3 Å². The number of sulfonamides is 1. The Morgan fingerprint density at radius 2 is 1.67 bits per heavy atom. The zero-order valence-corrected chi connectivity index (χ0v) is 17.5. The van der Waals surface area contributed by atoms with Crippen LogP contribution in [0.2, 0.25) is 0 Å². The topological polar surface area (TPSA) is 108 Å². The summed E-state index contributed by atoms with van der Waals surface area (Å²) in [6.45, 7) is 0. The minimum atomic E-state index is -3.80. The maximum atomic E-state index is 12.7. The Hall–Kier alpha value is -3.21. The van der Waals surface area contributed by atoms with Gasteiger partial charge in [0.1, 0.15) is 10.7 Å². The molecule has 2 amide bonds. The molecule has 0 bridgehead atoms. The summed E-state index contributed by atoms with van der Waals surface area (Å²) in [5.41, 5.74) is 0.714. The van der Waals surface area contributed by atoms with E-state index < -0.39 is 21.8 Å². The summed E-state index contributed by atoms with van der Waals surface area (Å²) in [7, 11) is -3.80. The van der Waals surface area contributed by atoms with E-state index in [-0.39, 0.29) is 20.8 Å². The average molecular weight is 461 g/mol. The van der Waals surface area contributed by atoms with Gasteiger partial charge >= 0.3 is 0 Å². The number of carbonyl (C=O) groups excluding carboxylic acids is 2. The van der Waals surface area contributed by atoms with Crippen molar-refractivity contribution < 1.29 is 18.0 Å². The fraction of sp³-hybridized carbons (Fsp3) is 0. The molecule has 2 aromatic carbocycles. The van der Waals surface area contributed by atoms with Crippen LogP contribution in [0.15, 0.2) is 81.8 Å². The van der Waals surface area contributed by atoms with Crippen molar-refractivity contribution in [2.75, 3.05) is 14.9 Å². The Morgan fingerprint density at radius 3 is 2.30 bits per heavy atom. The lowest BCUT2D eigenvalue weighted by atomic mass is 10.3. The molecule has 1 aliphatic rings. The van der Waals surface area contributed by atoms with Gasteiger partial charge in [0.05, 0.1) is 10.6 Å². The van der Waals surface area contributed by atoms with Gasteiger partial charge in [-0.25, -0.2) is 18.3 Å². The number of imide groups is 1. The van der Waals surface area contributed by atoms with E-state index in [0.29, 0.717) is 11.4 Å². The van der Waals surface area contributed by atoms with Crippen LogP contribution in [0, 0.1) is 0 Å². The molecule has 152 valence electrons. The fourth-order valence-corrected chi connectivity index (χ4v) is 4.73. The Labute approximate surface area is 180 Å². The summed E-state index contributed by atoms with van der Waals surface area (Å²) < 4.78 is 27.2. The van der Waals surface area contributed by atoms with Crippen LogP contribution in [0.4, 0.5) is 16.5 Å². The van der Waals surface area contributed by atoms with Crippen LogP contribution < -0.4 is 14.9 Å². The number of thiazole rings is 1. The van der Waals surface area contributed by atoms with E-state index in [4.69, 9.17) is 11.6 Å². The Balaban J connectivity index is 1.53. The van der Waals surface area contributed by atoms with E-state index in [0.717, 1.165) is 16.2 Å². The molecule has 11 heteroatoms. The SMILES string of the molecule is O=C1C(Cl)=C(Nc2ccc(S(=O)(=O)Nc3nccs3)cc2)C(=O)N1c1ccccc1. The van der Waals surface area contributed by atoms with Crippen molar-refractivity contribution >= 4 is 61.3 Å².